The predicted molar refractivity (Wildman–Crippen MR) is 26.8 cm³/mol. The van der Waals surface area contributed by atoms with Gasteiger partial charge in [-0.25, -0.2) is 13.8 Å². The monoisotopic (exact) mass is 210 g/mol. The van der Waals surface area contributed by atoms with Gasteiger partial charge in [-0.05, 0) is 0 Å². The van der Waals surface area contributed by atoms with Crippen LogP contribution in [-0.4, -0.2) is 35.5 Å². The van der Waals surface area contributed by atoms with Gasteiger partial charge in [-0.2, -0.15) is 0 Å². The van der Waals surface area contributed by atoms with E-state index in [1.165, 1.54) is 0 Å². The van der Waals surface area contributed by atoms with Crippen molar-refractivity contribution in [3.05, 3.63) is 0 Å². The van der Waals surface area contributed by atoms with Crippen LogP contribution in [-0.2, 0) is 21.0 Å². The van der Waals surface area contributed by atoms with Crippen molar-refractivity contribution in [1.29, 1.82) is 0 Å². The van der Waals surface area contributed by atoms with Gasteiger partial charge in [0.1, 0.15) is 0 Å². The first kappa shape index (κ1) is 17.7. The molecular formula is C2H3KO7S. The third-order valence-corrected chi connectivity index (χ3v) is 0.183. The summed E-state index contributed by atoms with van der Waals surface area (Å²) in [5.41, 5.74) is 0. The molecule has 0 aliphatic rings. The molecule has 1 atom stereocenters. The van der Waals surface area contributed by atoms with Gasteiger partial charge in [0.2, 0.25) is 0 Å². The van der Waals surface area contributed by atoms with Crippen molar-refractivity contribution >= 4 is 23.3 Å². The molecule has 0 heterocycles. The minimum Gasteiger partial charge on any atom is -0.750 e. The molecule has 11 heavy (non-hydrogen) atoms. The summed E-state index contributed by atoms with van der Waals surface area (Å²) in [5, 5.41) is 14.8. The van der Waals surface area contributed by atoms with Crippen molar-refractivity contribution in [2.75, 3.05) is 0 Å². The second-order valence-corrected chi connectivity index (χ2v) is 1.26. The Bertz CT molecular complexity index is 139. The minimum absolute atomic E-state index is 0. The predicted octanol–water partition coefficient (Wildman–Crippen LogP) is -4.50. The van der Waals surface area contributed by atoms with Gasteiger partial charge >= 0.3 is 63.3 Å². The second kappa shape index (κ2) is 10.6. The molecule has 1 unspecified atom stereocenters. The number of aliphatic carboxylic acids is 2. The Morgan fingerprint density at radius 1 is 1.18 bits per heavy atom. The molecule has 0 saturated heterocycles. The van der Waals surface area contributed by atoms with Crippen LogP contribution in [0.4, 0.5) is 0 Å². The van der Waals surface area contributed by atoms with Crippen molar-refractivity contribution in [2.24, 2.45) is 0 Å². The van der Waals surface area contributed by atoms with Crippen molar-refractivity contribution in [3.8, 4) is 0 Å². The Balaban J connectivity index is -0.000000114. The molecule has 60 valence electrons. The summed E-state index contributed by atoms with van der Waals surface area (Å²) in [6.07, 6.45) is 0. The molecule has 0 aliphatic heterocycles. The third kappa shape index (κ3) is 36.9. The maximum Gasteiger partial charge on any atom is 1.00 e. The fourth-order valence-corrected chi connectivity index (χ4v) is 0. The van der Waals surface area contributed by atoms with Crippen LogP contribution in [0, 0.1) is 0 Å². The SMILES string of the molecule is O=C(O)C(=O)O.O=S([O-])O.[K+]. The van der Waals surface area contributed by atoms with E-state index in [9.17, 15) is 0 Å². The maximum absolute atomic E-state index is 9.10. The number of hydrogen-bond donors (Lipinski definition) is 3. The number of carbonyl (C=O) groups is 2. The molecule has 0 fully saturated rings. The fraction of sp³-hybridized carbons (Fsp3) is 0. The van der Waals surface area contributed by atoms with E-state index in [0.717, 1.165) is 0 Å². The molecule has 0 spiro atoms. The first-order chi connectivity index (χ1) is 4.37. The molecule has 0 aromatic carbocycles. The van der Waals surface area contributed by atoms with Crippen LogP contribution in [0.25, 0.3) is 0 Å². The summed E-state index contributed by atoms with van der Waals surface area (Å²) in [4.78, 5) is 18.2. The molecule has 3 N–H and O–H groups in total. The minimum atomic E-state index is -2.86. The molecule has 0 bridgehead atoms. The Kier molecular flexibility index (Phi) is 17.1. The quantitative estimate of drug-likeness (QED) is 0.208. The zero-order valence-corrected chi connectivity index (χ0v) is 9.32. The largest absolute Gasteiger partial charge is 1.00 e. The Labute approximate surface area is 106 Å². The average molecular weight is 210 g/mol. The van der Waals surface area contributed by atoms with Gasteiger partial charge in [-0.3, -0.25) is 0 Å². The standard InChI is InChI=1S/C2H2O4.K.H2O3S/c3-1(4)2(5)6;;1-4(2)3/h(H,3,4)(H,5,6);;(H2,1,2,3)/q;+1;/p-1. The molecule has 0 saturated carbocycles. The van der Waals surface area contributed by atoms with Gasteiger partial charge in [0.25, 0.3) is 0 Å². The zero-order chi connectivity index (χ0) is 8.73. The van der Waals surface area contributed by atoms with Crippen LogP contribution in [0.2, 0.25) is 0 Å². The summed E-state index contributed by atoms with van der Waals surface area (Å²) < 4.78 is 24.1. The molecule has 0 aliphatic carbocycles. The second-order valence-electron chi connectivity index (χ2n) is 0.827. The summed E-state index contributed by atoms with van der Waals surface area (Å²) in [5.74, 6) is -3.65. The van der Waals surface area contributed by atoms with E-state index in [1.807, 2.05) is 0 Å². The van der Waals surface area contributed by atoms with E-state index in [2.05, 4.69) is 0 Å². The van der Waals surface area contributed by atoms with Crippen LogP contribution in [0.1, 0.15) is 0 Å². The zero-order valence-electron chi connectivity index (χ0n) is 5.38. The molecule has 0 amide bonds. The molecule has 0 rings (SSSR count). The van der Waals surface area contributed by atoms with E-state index < -0.39 is 23.3 Å². The Morgan fingerprint density at radius 3 is 1.27 bits per heavy atom. The van der Waals surface area contributed by atoms with E-state index >= 15 is 0 Å². The summed E-state index contributed by atoms with van der Waals surface area (Å²) in [7, 11) is 0. The first-order valence-corrected chi connectivity index (χ1v) is 2.65. The number of carboxylic acids is 2. The molecule has 0 radical (unpaired) electrons. The van der Waals surface area contributed by atoms with Gasteiger partial charge < -0.3 is 19.3 Å². The number of rotatable bonds is 0. The Morgan fingerprint density at radius 2 is 1.27 bits per heavy atom. The summed E-state index contributed by atoms with van der Waals surface area (Å²) in [6.45, 7) is 0. The van der Waals surface area contributed by atoms with E-state index in [-0.39, 0.29) is 51.4 Å². The summed E-state index contributed by atoms with van der Waals surface area (Å²) >= 11 is -2.86. The molecule has 0 aromatic rings. The van der Waals surface area contributed by atoms with E-state index in [1.54, 1.807) is 0 Å². The Hall–Kier alpha value is 0.646. The van der Waals surface area contributed by atoms with Gasteiger partial charge in [0.05, 0.1) is 11.4 Å². The first-order valence-electron chi connectivity index (χ1n) is 1.62. The van der Waals surface area contributed by atoms with Gasteiger partial charge in [0, 0.05) is 0 Å². The number of carboxylic acid groups (broad SMARTS) is 2. The number of hydrogen-bond acceptors (Lipinski definition) is 4. The molecule has 7 nitrogen and oxygen atoms in total. The molecule has 9 heteroatoms. The van der Waals surface area contributed by atoms with Crippen molar-refractivity contribution in [1.82, 2.24) is 0 Å². The van der Waals surface area contributed by atoms with Crippen LogP contribution in [0.5, 0.6) is 0 Å². The smallest absolute Gasteiger partial charge is 0.750 e. The van der Waals surface area contributed by atoms with Crippen LogP contribution < -0.4 is 51.4 Å². The van der Waals surface area contributed by atoms with Crippen molar-refractivity contribution in [2.45, 2.75) is 0 Å². The fourth-order valence-electron chi connectivity index (χ4n) is 0. The summed E-state index contributed by atoms with van der Waals surface area (Å²) in [6, 6.07) is 0. The van der Waals surface area contributed by atoms with Crippen LogP contribution in [0.3, 0.4) is 0 Å². The van der Waals surface area contributed by atoms with Crippen LogP contribution in [0.15, 0.2) is 0 Å². The normalized spacial score (nSPS) is 9.64. The van der Waals surface area contributed by atoms with E-state index in [4.69, 9.17) is 33.1 Å². The van der Waals surface area contributed by atoms with Crippen molar-refractivity contribution < 1.29 is 84.5 Å². The van der Waals surface area contributed by atoms with E-state index in [0.29, 0.717) is 0 Å². The third-order valence-electron chi connectivity index (χ3n) is 0.183. The average Bonchev–Trinajstić information content (AvgIpc) is 1.63. The van der Waals surface area contributed by atoms with Crippen molar-refractivity contribution in [3.63, 3.8) is 0 Å². The maximum atomic E-state index is 9.10. The topological polar surface area (TPSA) is 135 Å². The van der Waals surface area contributed by atoms with Gasteiger partial charge in [0.15, 0.2) is 0 Å². The molecule has 0 aromatic heterocycles. The van der Waals surface area contributed by atoms with Gasteiger partial charge in [-0.1, -0.05) is 0 Å². The molecular weight excluding hydrogens is 207 g/mol. The van der Waals surface area contributed by atoms with Crippen LogP contribution >= 0.6 is 0 Å². The van der Waals surface area contributed by atoms with Gasteiger partial charge in [-0.15, -0.1) is 0 Å².